The van der Waals surface area contributed by atoms with Crippen molar-refractivity contribution in [3.05, 3.63) is 52.1 Å². The molecule has 1 aliphatic rings. The maximum atomic E-state index is 12.2. The molecule has 9 heteroatoms. The summed E-state index contributed by atoms with van der Waals surface area (Å²) in [5.41, 5.74) is 2.43. The minimum absolute atomic E-state index is 0.0638. The van der Waals surface area contributed by atoms with Crippen LogP contribution in [0.5, 0.6) is 0 Å². The molecule has 7 nitrogen and oxygen atoms in total. The van der Waals surface area contributed by atoms with Crippen LogP contribution in [0.25, 0.3) is 11.3 Å². The number of amidine groups is 1. The first kappa shape index (κ1) is 22.4. The lowest BCUT2D eigenvalue weighted by Gasteiger charge is -2.22. The average molecular weight is 448 g/mol. The molecule has 0 spiro atoms. The summed E-state index contributed by atoms with van der Waals surface area (Å²) < 4.78 is 6.02. The number of carbonyl (C=O) groups excluding carboxylic acids is 1. The van der Waals surface area contributed by atoms with Crippen molar-refractivity contribution in [2.45, 2.75) is 18.2 Å². The molecule has 3 rings (SSSR count). The van der Waals surface area contributed by atoms with Crippen molar-refractivity contribution in [3.8, 4) is 11.3 Å². The number of thioether (sulfide) groups is 1. The molecule has 0 aliphatic carbocycles. The zero-order valence-electron chi connectivity index (χ0n) is 17.3. The minimum Gasteiger partial charge on any atom is -0.359 e. The average Bonchev–Trinajstić information content (AvgIpc) is 3.39. The summed E-state index contributed by atoms with van der Waals surface area (Å²) in [5, 5.41) is 15.1. The lowest BCUT2D eigenvalue weighted by Crippen LogP contribution is -2.33. The van der Waals surface area contributed by atoms with E-state index in [1.165, 1.54) is 11.8 Å². The van der Waals surface area contributed by atoms with Gasteiger partial charge in [-0.15, -0.1) is 11.8 Å². The zero-order chi connectivity index (χ0) is 21.7. The molecule has 1 atom stereocenters. The van der Waals surface area contributed by atoms with Gasteiger partial charge in [0.1, 0.15) is 11.5 Å². The summed E-state index contributed by atoms with van der Waals surface area (Å²) in [4.78, 5) is 16.2. The van der Waals surface area contributed by atoms with Crippen LogP contribution < -0.4 is 5.32 Å². The number of amides is 1. The van der Waals surface area contributed by atoms with Crippen LogP contribution in [-0.4, -0.2) is 66.2 Å². The van der Waals surface area contributed by atoms with Crippen LogP contribution in [0.1, 0.15) is 17.7 Å². The standard InChI is InChI=1S/C21H26ClN5O2S/c1-26(2)10-11-27(3)20(23)15-6-4-14(5-7-15)17-12-16(29-25-17)13-24-21(28)18-8-9-19(22)30-18/h4-7,9,12,18,23H,8,10-11,13H2,1-3H3,(H,24,28). The van der Waals surface area contributed by atoms with E-state index in [0.29, 0.717) is 28.1 Å². The Labute approximate surface area is 185 Å². The maximum Gasteiger partial charge on any atom is 0.234 e. The van der Waals surface area contributed by atoms with Crippen LogP contribution in [0.3, 0.4) is 0 Å². The maximum absolute atomic E-state index is 12.2. The molecular weight excluding hydrogens is 422 g/mol. The van der Waals surface area contributed by atoms with Gasteiger partial charge >= 0.3 is 0 Å². The third-order valence-corrected chi connectivity index (χ3v) is 6.26. The van der Waals surface area contributed by atoms with Crippen molar-refractivity contribution >= 4 is 35.1 Å². The number of nitrogens with one attached hydrogen (secondary N) is 2. The van der Waals surface area contributed by atoms with Crippen LogP contribution in [0.4, 0.5) is 0 Å². The molecule has 0 fully saturated rings. The number of aromatic nitrogens is 1. The molecule has 0 radical (unpaired) electrons. The fourth-order valence-electron chi connectivity index (χ4n) is 2.89. The molecule has 2 heterocycles. The minimum atomic E-state index is -0.182. The lowest BCUT2D eigenvalue weighted by atomic mass is 10.1. The van der Waals surface area contributed by atoms with E-state index in [9.17, 15) is 4.79 Å². The van der Waals surface area contributed by atoms with Crippen molar-refractivity contribution in [2.24, 2.45) is 0 Å². The Hall–Kier alpha value is -2.29. The number of carbonyl (C=O) groups is 1. The summed E-state index contributed by atoms with van der Waals surface area (Å²) in [7, 11) is 5.96. The molecule has 160 valence electrons. The van der Waals surface area contributed by atoms with E-state index in [-0.39, 0.29) is 17.7 Å². The highest BCUT2D eigenvalue weighted by Crippen LogP contribution is 2.34. The van der Waals surface area contributed by atoms with Crippen LogP contribution in [0.2, 0.25) is 0 Å². The Morgan fingerprint density at radius 3 is 2.67 bits per heavy atom. The quantitative estimate of drug-likeness (QED) is 0.476. The fourth-order valence-corrected chi connectivity index (χ4v) is 4.15. The highest BCUT2D eigenvalue weighted by Gasteiger charge is 2.24. The monoisotopic (exact) mass is 447 g/mol. The van der Waals surface area contributed by atoms with E-state index in [1.54, 1.807) is 0 Å². The molecule has 0 saturated heterocycles. The highest BCUT2D eigenvalue weighted by molar-refractivity contribution is 8.06. The van der Waals surface area contributed by atoms with Crippen molar-refractivity contribution in [1.82, 2.24) is 20.3 Å². The Kier molecular flexibility index (Phi) is 7.58. The van der Waals surface area contributed by atoms with E-state index in [4.69, 9.17) is 21.5 Å². The number of hydrogen-bond donors (Lipinski definition) is 2. The summed E-state index contributed by atoms with van der Waals surface area (Å²) in [6.45, 7) is 1.95. The predicted molar refractivity (Wildman–Crippen MR) is 122 cm³/mol. The Bertz CT molecular complexity index is 926. The molecule has 30 heavy (non-hydrogen) atoms. The van der Waals surface area contributed by atoms with Gasteiger partial charge in [0, 0.05) is 37.3 Å². The fraction of sp³-hybridized carbons (Fsp3) is 0.381. The third-order valence-electron chi connectivity index (χ3n) is 4.75. The van der Waals surface area contributed by atoms with Crippen LogP contribution in [0.15, 0.2) is 45.3 Å². The SMILES string of the molecule is CN(C)CCN(C)C(=N)c1ccc(-c2cc(CNC(=O)C3CC=C(Cl)S3)on2)cc1. The molecule has 1 aliphatic heterocycles. The second kappa shape index (κ2) is 10.1. The van der Waals surface area contributed by atoms with Gasteiger partial charge in [-0.05, 0) is 20.5 Å². The first-order chi connectivity index (χ1) is 14.3. The topological polar surface area (TPSA) is 85.5 Å². The van der Waals surface area contributed by atoms with E-state index in [1.807, 2.05) is 62.5 Å². The van der Waals surface area contributed by atoms with E-state index < -0.39 is 0 Å². The lowest BCUT2D eigenvalue weighted by molar-refractivity contribution is -0.120. The first-order valence-electron chi connectivity index (χ1n) is 9.64. The summed E-state index contributed by atoms with van der Waals surface area (Å²) in [6, 6.07) is 9.48. The molecule has 1 aromatic heterocycles. The van der Waals surface area contributed by atoms with Gasteiger partial charge < -0.3 is 19.6 Å². The number of nitrogens with zero attached hydrogens (tertiary/aromatic N) is 3. The van der Waals surface area contributed by atoms with E-state index >= 15 is 0 Å². The zero-order valence-corrected chi connectivity index (χ0v) is 18.9. The number of hydrogen-bond acceptors (Lipinski definition) is 6. The molecule has 1 aromatic carbocycles. The molecule has 0 bridgehead atoms. The van der Waals surface area contributed by atoms with Gasteiger partial charge in [-0.2, -0.15) is 0 Å². The normalized spacial score (nSPS) is 15.9. The van der Waals surface area contributed by atoms with Crippen LogP contribution in [-0.2, 0) is 11.3 Å². The number of benzene rings is 1. The Morgan fingerprint density at radius 2 is 2.03 bits per heavy atom. The molecule has 1 amide bonds. The van der Waals surface area contributed by atoms with Crippen molar-refractivity contribution in [2.75, 3.05) is 34.2 Å². The number of allylic oxidation sites excluding steroid dienone is 1. The smallest absolute Gasteiger partial charge is 0.234 e. The van der Waals surface area contributed by atoms with Gasteiger partial charge in [0.15, 0.2) is 5.76 Å². The van der Waals surface area contributed by atoms with E-state index in [0.717, 1.165) is 24.2 Å². The highest BCUT2D eigenvalue weighted by atomic mass is 35.5. The van der Waals surface area contributed by atoms with Gasteiger partial charge in [0.2, 0.25) is 5.91 Å². The first-order valence-corrected chi connectivity index (χ1v) is 10.9. The molecule has 0 saturated carbocycles. The summed E-state index contributed by atoms with van der Waals surface area (Å²) >= 11 is 7.28. The number of halogens is 1. The van der Waals surface area contributed by atoms with Crippen LogP contribution in [0, 0.1) is 5.41 Å². The summed E-state index contributed by atoms with van der Waals surface area (Å²) in [6.07, 6.45) is 2.50. The van der Waals surface area contributed by atoms with Gasteiger partial charge in [-0.1, -0.05) is 47.1 Å². The Morgan fingerprint density at radius 1 is 1.30 bits per heavy atom. The second-order valence-corrected chi connectivity index (χ2v) is 9.27. The third kappa shape index (κ3) is 5.87. The van der Waals surface area contributed by atoms with E-state index in [2.05, 4.69) is 15.4 Å². The number of likely N-dealkylation sites (N-methyl/N-ethyl adjacent to an activating group) is 2. The number of rotatable bonds is 8. The predicted octanol–water partition coefficient (Wildman–Crippen LogP) is 3.36. The second-order valence-electron chi connectivity index (χ2n) is 7.40. The summed E-state index contributed by atoms with van der Waals surface area (Å²) in [5.74, 6) is 0.998. The van der Waals surface area contributed by atoms with Crippen molar-refractivity contribution in [1.29, 1.82) is 5.41 Å². The van der Waals surface area contributed by atoms with Crippen LogP contribution >= 0.6 is 23.4 Å². The molecular formula is C21H26ClN5O2S. The van der Waals surface area contributed by atoms with Gasteiger partial charge in [-0.25, -0.2) is 0 Å². The van der Waals surface area contributed by atoms with Gasteiger partial charge in [0.25, 0.3) is 0 Å². The van der Waals surface area contributed by atoms with Crippen molar-refractivity contribution in [3.63, 3.8) is 0 Å². The van der Waals surface area contributed by atoms with Gasteiger partial charge in [0.05, 0.1) is 16.2 Å². The molecule has 2 N–H and O–H groups in total. The largest absolute Gasteiger partial charge is 0.359 e. The van der Waals surface area contributed by atoms with Crippen molar-refractivity contribution < 1.29 is 9.32 Å². The molecule has 1 unspecified atom stereocenters. The Balaban J connectivity index is 1.55. The molecule has 2 aromatic rings. The van der Waals surface area contributed by atoms with Gasteiger partial charge in [-0.3, -0.25) is 10.2 Å².